The second-order valence-electron chi connectivity index (χ2n) is 9.72. The van der Waals surface area contributed by atoms with Crippen molar-refractivity contribution in [3.05, 3.63) is 53.1 Å². The van der Waals surface area contributed by atoms with Crippen LogP contribution in [0, 0.1) is 0 Å². The first-order valence-corrected chi connectivity index (χ1v) is 11.7. The standard InChI is InChI=1S/C26H32N4O2/c1-4-19-15-18(16-21-24(19)27-23(31)17-26(21,2)3)9-10-29-11-13-30(14-12-29)25-20-7-5-6-8-22(20)32-28-25/h5-8,15-16H,4,9-14,17H2,1-3H3,(H,27,31). The van der Waals surface area contributed by atoms with Gasteiger partial charge in [-0.1, -0.05) is 50.2 Å². The summed E-state index contributed by atoms with van der Waals surface area (Å²) in [5, 5.41) is 8.54. The molecule has 0 aliphatic carbocycles. The Balaban J connectivity index is 1.25. The van der Waals surface area contributed by atoms with Crippen molar-refractivity contribution in [3.63, 3.8) is 0 Å². The van der Waals surface area contributed by atoms with Crippen molar-refractivity contribution in [2.45, 2.75) is 45.4 Å². The number of aryl methyl sites for hydroxylation is 1. The van der Waals surface area contributed by atoms with Crippen LogP contribution in [0.4, 0.5) is 11.5 Å². The molecule has 1 N–H and O–H groups in total. The number of aromatic nitrogens is 1. The van der Waals surface area contributed by atoms with Crippen molar-refractivity contribution in [2.24, 2.45) is 0 Å². The van der Waals surface area contributed by atoms with Gasteiger partial charge in [0, 0.05) is 50.2 Å². The topological polar surface area (TPSA) is 61.6 Å². The molecule has 3 aromatic rings. The maximum atomic E-state index is 12.2. The number of fused-ring (bicyclic) bond motifs is 2. The van der Waals surface area contributed by atoms with Gasteiger partial charge in [-0.3, -0.25) is 9.69 Å². The molecule has 0 saturated carbocycles. The summed E-state index contributed by atoms with van der Waals surface area (Å²) in [5.41, 5.74) is 5.68. The molecular formula is C26H32N4O2. The average molecular weight is 433 g/mol. The fourth-order valence-corrected chi connectivity index (χ4v) is 5.12. The fourth-order valence-electron chi connectivity index (χ4n) is 5.12. The highest BCUT2D eigenvalue weighted by Crippen LogP contribution is 2.40. The van der Waals surface area contributed by atoms with Crippen molar-refractivity contribution < 1.29 is 9.32 Å². The number of carbonyl (C=O) groups is 1. The van der Waals surface area contributed by atoms with Gasteiger partial charge in [-0.2, -0.15) is 0 Å². The summed E-state index contributed by atoms with van der Waals surface area (Å²) in [4.78, 5) is 17.1. The third-order valence-corrected chi connectivity index (χ3v) is 7.00. The SMILES string of the molecule is CCc1cc(CCN2CCN(c3noc4ccccc34)CC2)cc2c1NC(=O)CC2(C)C. The molecule has 5 rings (SSSR count). The predicted octanol–water partition coefficient (Wildman–Crippen LogP) is 4.37. The zero-order valence-corrected chi connectivity index (χ0v) is 19.3. The Hall–Kier alpha value is -2.86. The Morgan fingerprint density at radius 2 is 1.91 bits per heavy atom. The third kappa shape index (κ3) is 3.88. The monoisotopic (exact) mass is 432 g/mol. The summed E-state index contributed by atoms with van der Waals surface area (Å²) < 4.78 is 5.49. The van der Waals surface area contributed by atoms with Gasteiger partial charge in [-0.05, 0) is 41.7 Å². The van der Waals surface area contributed by atoms with Gasteiger partial charge in [0.15, 0.2) is 11.4 Å². The largest absolute Gasteiger partial charge is 0.354 e. The fraction of sp³-hybridized carbons (Fsp3) is 0.462. The lowest BCUT2D eigenvalue weighted by Gasteiger charge is -2.35. The number of piperazine rings is 1. The minimum Gasteiger partial charge on any atom is -0.354 e. The van der Waals surface area contributed by atoms with Crippen LogP contribution in [0.2, 0.25) is 0 Å². The van der Waals surface area contributed by atoms with Crippen LogP contribution in [0.5, 0.6) is 0 Å². The van der Waals surface area contributed by atoms with Crippen LogP contribution in [-0.4, -0.2) is 48.7 Å². The van der Waals surface area contributed by atoms with E-state index in [9.17, 15) is 4.79 Å². The van der Waals surface area contributed by atoms with Crippen molar-refractivity contribution >= 4 is 28.4 Å². The van der Waals surface area contributed by atoms with E-state index in [1.54, 1.807) is 0 Å². The second kappa shape index (κ2) is 8.24. The Morgan fingerprint density at radius 1 is 1.12 bits per heavy atom. The summed E-state index contributed by atoms with van der Waals surface area (Å²) in [6.45, 7) is 11.5. The molecule has 0 atom stereocenters. The van der Waals surface area contributed by atoms with E-state index in [4.69, 9.17) is 4.52 Å². The van der Waals surface area contributed by atoms with Crippen molar-refractivity contribution in [2.75, 3.05) is 42.9 Å². The van der Waals surface area contributed by atoms with Gasteiger partial charge >= 0.3 is 0 Å². The highest BCUT2D eigenvalue weighted by atomic mass is 16.5. The summed E-state index contributed by atoms with van der Waals surface area (Å²) in [6.07, 6.45) is 2.50. The lowest BCUT2D eigenvalue weighted by atomic mass is 9.76. The van der Waals surface area contributed by atoms with Gasteiger partial charge in [0.2, 0.25) is 5.91 Å². The third-order valence-electron chi connectivity index (χ3n) is 7.00. The molecule has 1 aromatic heterocycles. The Morgan fingerprint density at radius 3 is 2.69 bits per heavy atom. The van der Waals surface area contributed by atoms with Gasteiger partial charge in [0.25, 0.3) is 0 Å². The number of amides is 1. The Kier molecular flexibility index (Phi) is 5.41. The molecular weight excluding hydrogens is 400 g/mol. The Bertz CT molecular complexity index is 1140. The number of hydrogen-bond donors (Lipinski definition) is 1. The molecule has 2 aromatic carbocycles. The molecule has 0 unspecified atom stereocenters. The smallest absolute Gasteiger partial charge is 0.225 e. The molecule has 2 aliphatic rings. The lowest BCUT2D eigenvalue weighted by Crippen LogP contribution is -2.47. The number of nitrogens with one attached hydrogen (secondary N) is 1. The zero-order valence-electron chi connectivity index (χ0n) is 19.3. The molecule has 3 heterocycles. The van der Waals surface area contributed by atoms with Crippen molar-refractivity contribution in [3.8, 4) is 0 Å². The summed E-state index contributed by atoms with van der Waals surface area (Å²) >= 11 is 0. The number of hydrogen-bond acceptors (Lipinski definition) is 5. The molecule has 0 radical (unpaired) electrons. The zero-order chi connectivity index (χ0) is 22.3. The molecule has 1 fully saturated rings. The highest BCUT2D eigenvalue weighted by molar-refractivity contribution is 5.96. The lowest BCUT2D eigenvalue weighted by molar-refractivity contribution is -0.117. The van der Waals surface area contributed by atoms with Crippen LogP contribution in [0.25, 0.3) is 11.0 Å². The molecule has 0 spiro atoms. The van der Waals surface area contributed by atoms with Crippen LogP contribution < -0.4 is 10.2 Å². The van der Waals surface area contributed by atoms with E-state index in [2.05, 4.69) is 59.2 Å². The first kappa shape index (κ1) is 21.0. The van der Waals surface area contributed by atoms with Crippen LogP contribution in [0.3, 0.4) is 0 Å². The molecule has 0 bridgehead atoms. The van der Waals surface area contributed by atoms with E-state index in [1.807, 2.05) is 18.2 Å². The Labute approximate surface area is 189 Å². The van der Waals surface area contributed by atoms with E-state index < -0.39 is 0 Å². The highest BCUT2D eigenvalue weighted by Gasteiger charge is 2.33. The maximum Gasteiger partial charge on any atom is 0.225 e. The van der Waals surface area contributed by atoms with E-state index in [0.717, 1.165) is 68.0 Å². The quantitative estimate of drug-likeness (QED) is 0.649. The summed E-state index contributed by atoms with van der Waals surface area (Å²) in [7, 11) is 0. The predicted molar refractivity (Wildman–Crippen MR) is 128 cm³/mol. The van der Waals surface area contributed by atoms with Crippen molar-refractivity contribution in [1.82, 2.24) is 10.1 Å². The first-order valence-electron chi connectivity index (χ1n) is 11.7. The molecule has 6 heteroatoms. The molecule has 168 valence electrons. The molecule has 1 amide bonds. The van der Waals surface area contributed by atoms with Gasteiger partial charge in [0.05, 0.1) is 5.39 Å². The van der Waals surface area contributed by atoms with E-state index >= 15 is 0 Å². The molecule has 6 nitrogen and oxygen atoms in total. The van der Waals surface area contributed by atoms with Gasteiger partial charge in [0.1, 0.15) is 0 Å². The van der Waals surface area contributed by atoms with Gasteiger partial charge in [-0.15, -0.1) is 0 Å². The number of anilines is 2. The molecule has 32 heavy (non-hydrogen) atoms. The number of nitrogens with zero attached hydrogens (tertiary/aromatic N) is 3. The van der Waals surface area contributed by atoms with Gasteiger partial charge < -0.3 is 14.7 Å². The summed E-state index contributed by atoms with van der Waals surface area (Å²) in [5.74, 6) is 1.09. The van der Waals surface area contributed by atoms with E-state index in [-0.39, 0.29) is 11.3 Å². The maximum absolute atomic E-state index is 12.2. The van der Waals surface area contributed by atoms with E-state index in [1.165, 1.54) is 16.7 Å². The van der Waals surface area contributed by atoms with Crippen LogP contribution in [0.15, 0.2) is 40.9 Å². The normalized spacial score (nSPS) is 18.6. The number of benzene rings is 2. The van der Waals surface area contributed by atoms with Crippen LogP contribution in [-0.2, 0) is 23.1 Å². The van der Waals surface area contributed by atoms with Crippen LogP contribution >= 0.6 is 0 Å². The van der Waals surface area contributed by atoms with E-state index in [0.29, 0.717) is 6.42 Å². The van der Waals surface area contributed by atoms with Crippen LogP contribution in [0.1, 0.15) is 43.9 Å². The first-order chi connectivity index (χ1) is 15.4. The summed E-state index contributed by atoms with van der Waals surface area (Å²) in [6, 6.07) is 12.7. The minimum atomic E-state index is -0.121. The average Bonchev–Trinajstić information content (AvgIpc) is 3.21. The number of rotatable bonds is 5. The number of carbonyl (C=O) groups excluding carboxylic acids is 1. The van der Waals surface area contributed by atoms with Crippen molar-refractivity contribution in [1.29, 1.82) is 0 Å². The molecule has 1 saturated heterocycles. The second-order valence-corrected chi connectivity index (χ2v) is 9.72. The van der Waals surface area contributed by atoms with Gasteiger partial charge in [-0.25, -0.2) is 0 Å². The minimum absolute atomic E-state index is 0.121. The molecule has 2 aliphatic heterocycles. The number of para-hydroxylation sites is 1.